The molecule has 1 aromatic heterocycles. The minimum absolute atomic E-state index is 0.0643. The third kappa shape index (κ3) is 3.12. The number of phenolic OH excluding ortho intramolecular Hbond substituents is 1. The van der Waals surface area contributed by atoms with Crippen molar-refractivity contribution in [3.8, 4) is 5.75 Å². The zero-order valence-corrected chi connectivity index (χ0v) is 17.6. The van der Waals surface area contributed by atoms with Crippen molar-refractivity contribution in [1.29, 1.82) is 0 Å². The zero-order valence-electron chi connectivity index (χ0n) is 16.8. The number of benzene rings is 2. The van der Waals surface area contributed by atoms with Crippen molar-refractivity contribution in [2.24, 2.45) is 0 Å². The van der Waals surface area contributed by atoms with E-state index in [0.29, 0.717) is 18.7 Å². The molecule has 6 heteroatoms. The lowest BCUT2D eigenvalue weighted by atomic mass is 9.72. The monoisotopic (exact) mass is 418 g/mol. The lowest BCUT2D eigenvalue weighted by Gasteiger charge is -2.34. The van der Waals surface area contributed by atoms with Crippen LogP contribution in [-0.4, -0.2) is 22.3 Å². The van der Waals surface area contributed by atoms with Crippen LogP contribution in [0.2, 0.25) is 0 Å². The van der Waals surface area contributed by atoms with Crippen molar-refractivity contribution < 1.29 is 14.4 Å². The Balaban J connectivity index is 1.59. The van der Waals surface area contributed by atoms with E-state index in [4.69, 9.17) is 4.52 Å². The lowest BCUT2D eigenvalue weighted by Crippen LogP contribution is -2.29. The number of Topliss-reactive ketones (excluding diaryl/α,β-unsaturated/α-hetero) is 1. The molecule has 0 saturated carbocycles. The van der Waals surface area contributed by atoms with E-state index in [9.17, 15) is 9.90 Å². The van der Waals surface area contributed by atoms with Crippen LogP contribution in [0.25, 0.3) is 0 Å². The van der Waals surface area contributed by atoms with Gasteiger partial charge in [0.05, 0.1) is 11.3 Å². The molecule has 2 aromatic carbocycles. The summed E-state index contributed by atoms with van der Waals surface area (Å²) in [6, 6.07) is 15.5. The highest BCUT2D eigenvalue weighted by Crippen LogP contribution is 2.49. The maximum Gasteiger partial charge on any atom is 0.233 e. The molecule has 0 bridgehead atoms. The van der Waals surface area contributed by atoms with Gasteiger partial charge in [0.2, 0.25) is 5.88 Å². The molecule has 1 aliphatic carbocycles. The van der Waals surface area contributed by atoms with Gasteiger partial charge in [0.25, 0.3) is 0 Å². The predicted octanol–water partition coefficient (Wildman–Crippen LogP) is 5.37. The molecule has 5 rings (SSSR count). The zero-order chi connectivity index (χ0) is 20.8. The summed E-state index contributed by atoms with van der Waals surface area (Å²) in [5.41, 5.74) is 5.60. The van der Waals surface area contributed by atoms with Crippen molar-refractivity contribution >= 4 is 23.4 Å². The Morgan fingerprint density at radius 1 is 1.07 bits per heavy atom. The van der Waals surface area contributed by atoms with Gasteiger partial charge in [0.15, 0.2) is 5.78 Å². The van der Waals surface area contributed by atoms with E-state index in [1.54, 1.807) is 23.9 Å². The molecule has 0 unspecified atom stereocenters. The molecule has 0 radical (unpaired) electrons. The number of nitrogens with one attached hydrogen (secondary N) is 1. The first kappa shape index (κ1) is 19.0. The van der Waals surface area contributed by atoms with Crippen LogP contribution in [0.4, 0.5) is 5.88 Å². The van der Waals surface area contributed by atoms with Gasteiger partial charge in [-0.2, -0.15) is 0 Å². The first-order chi connectivity index (χ1) is 14.5. The molecule has 2 atom stereocenters. The molecule has 0 spiro atoms. The molecule has 0 amide bonds. The Morgan fingerprint density at radius 2 is 1.77 bits per heavy atom. The van der Waals surface area contributed by atoms with E-state index >= 15 is 0 Å². The van der Waals surface area contributed by atoms with Crippen LogP contribution in [0.3, 0.4) is 0 Å². The summed E-state index contributed by atoms with van der Waals surface area (Å²) in [6.07, 6.45) is 3.21. The topological polar surface area (TPSA) is 75.4 Å². The first-order valence-electron chi connectivity index (χ1n) is 9.97. The predicted molar refractivity (Wildman–Crippen MR) is 117 cm³/mol. The number of anilines is 1. The number of nitrogens with zero attached hydrogens (tertiary/aromatic N) is 1. The number of phenols is 1. The molecule has 3 aromatic rings. The number of thioether (sulfide) groups is 1. The second-order valence-corrected chi connectivity index (χ2v) is 8.73. The Morgan fingerprint density at radius 3 is 2.47 bits per heavy atom. The number of hydrogen-bond donors (Lipinski definition) is 2. The summed E-state index contributed by atoms with van der Waals surface area (Å²) in [4.78, 5) is 14.6. The van der Waals surface area contributed by atoms with Crippen molar-refractivity contribution in [3.63, 3.8) is 0 Å². The molecule has 30 heavy (non-hydrogen) atoms. The number of fused-ring (bicyclic) bond motifs is 1. The molecule has 2 aliphatic rings. The average molecular weight is 419 g/mol. The smallest absolute Gasteiger partial charge is 0.233 e. The fourth-order valence-corrected chi connectivity index (χ4v) is 4.99. The normalized spacial score (nSPS) is 20.5. The van der Waals surface area contributed by atoms with E-state index in [-0.39, 0.29) is 23.4 Å². The summed E-state index contributed by atoms with van der Waals surface area (Å²) in [5, 5.41) is 17.1. The molecule has 5 nitrogen and oxygen atoms in total. The van der Waals surface area contributed by atoms with Gasteiger partial charge in [-0.1, -0.05) is 29.4 Å². The number of aryl methyl sites for hydroxylation is 1. The van der Waals surface area contributed by atoms with Crippen LogP contribution in [0.5, 0.6) is 5.75 Å². The highest BCUT2D eigenvalue weighted by molar-refractivity contribution is 7.98. The van der Waals surface area contributed by atoms with Gasteiger partial charge >= 0.3 is 0 Å². The number of aromatic hydroxyl groups is 1. The molecule has 152 valence electrons. The van der Waals surface area contributed by atoms with Crippen LogP contribution in [0.15, 0.2) is 69.2 Å². The summed E-state index contributed by atoms with van der Waals surface area (Å²) in [5.74, 6) is 0.893. The Kier molecular flexibility index (Phi) is 4.66. The summed E-state index contributed by atoms with van der Waals surface area (Å²) >= 11 is 1.70. The number of aromatic nitrogens is 1. The van der Waals surface area contributed by atoms with Gasteiger partial charge in [-0.3, -0.25) is 4.79 Å². The molecular formula is C24H22N2O3S. The Labute approximate surface area is 179 Å². The van der Waals surface area contributed by atoms with Gasteiger partial charge < -0.3 is 14.9 Å². The van der Waals surface area contributed by atoms with Crippen LogP contribution >= 0.6 is 11.8 Å². The average Bonchev–Trinajstić information content (AvgIpc) is 3.13. The SMILES string of the molecule is CSc1ccc([C@@H]2C3=C(C[C@H](c4ccc(O)cc4)CC3=O)Nc3onc(C)c32)cc1. The van der Waals surface area contributed by atoms with Crippen LogP contribution in [-0.2, 0) is 4.79 Å². The summed E-state index contributed by atoms with van der Waals surface area (Å²) in [7, 11) is 0. The van der Waals surface area contributed by atoms with Crippen LogP contribution < -0.4 is 5.32 Å². The van der Waals surface area contributed by atoms with Gasteiger partial charge in [-0.15, -0.1) is 11.8 Å². The van der Waals surface area contributed by atoms with Crippen molar-refractivity contribution in [2.75, 3.05) is 11.6 Å². The van der Waals surface area contributed by atoms with Gasteiger partial charge in [0.1, 0.15) is 5.75 Å². The number of allylic oxidation sites excluding steroid dienone is 2. The number of ketones is 1. The van der Waals surface area contributed by atoms with E-state index < -0.39 is 0 Å². The first-order valence-corrected chi connectivity index (χ1v) is 11.2. The molecule has 2 heterocycles. The fourth-order valence-electron chi connectivity index (χ4n) is 4.58. The maximum atomic E-state index is 13.4. The number of carbonyl (C=O) groups is 1. The Bertz CT molecular complexity index is 1150. The fraction of sp³-hybridized carbons (Fsp3) is 0.250. The third-order valence-electron chi connectivity index (χ3n) is 6.07. The lowest BCUT2D eigenvalue weighted by molar-refractivity contribution is -0.116. The number of hydrogen-bond acceptors (Lipinski definition) is 6. The minimum Gasteiger partial charge on any atom is -0.508 e. The largest absolute Gasteiger partial charge is 0.508 e. The van der Waals surface area contributed by atoms with Crippen molar-refractivity contribution in [1.82, 2.24) is 5.16 Å². The second kappa shape index (κ2) is 7.36. The van der Waals surface area contributed by atoms with Crippen LogP contribution in [0.1, 0.15) is 47.1 Å². The summed E-state index contributed by atoms with van der Waals surface area (Å²) < 4.78 is 5.58. The van der Waals surface area contributed by atoms with Gasteiger partial charge in [-0.05, 0) is 60.9 Å². The molecule has 2 N–H and O–H groups in total. The maximum absolute atomic E-state index is 13.4. The van der Waals surface area contributed by atoms with Gasteiger partial charge in [-0.25, -0.2) is 0 Å². The quantitative estimate of drug-likeness (QED) is 0.557. The van der Waals surface area contributed by atoms with Crippen molar-refractivity contribution in [2.45, 2.75) is 36.5 Å². The van der Waals surface area contributed by atoms with E-state index in [0.717, 1.165) is 33.7 Å². The van der Waals surface area contributed by atoms with Crippen LogP contribution in [0, 0.1) is 6.92 Å². The van der Waals surface area contributed by atoms with E-state index in [2.05, 4.69) is 41.0 Å². The van der Waals surface area contributed by atoms with E-state index in [1.165, 1.54) is 4.90 Å². The summed E-state index contributed by atoms with van der Waals surface area (Å²) in [6.45, 7) is 1.92. The second-order valence-electron chi connectivity index (χ2n) is 7.85. The minimum atomic E-state index is -0.174. The highest BCUT2D eigenvalue weighted by atomic mass is 32.2. The number of carbonyl (C=O) groups excluding carboxylic acids is 1. The third-order valence-corrected chi connectivity index (χ3v) is 6.82. The molecule has 0 fully saturated rings. The van der Waals surface area contributed by atoms with Gasteiger partial charge in [0, 0.05) is 28.5 Å². The number of rotatable bonds is 3. The van der Waals surface area contributed by atoms with Crippen molar-refractivity contribution in [3.05, 3.63) is 82.2 Å². The molecule has 1 aliphatic heterocycles. The standard InChI is InChI=1S/C24H22N2O3S/c1-13-21-22(15-5-9-18(30-2)10-6-15)23-19(25-24(21)29-26-13)11-16(12-20(23)28)14-3-7-17(27)8-4-14/h3-10,16,22,25,27H,11-12H2,1-2H3/t16-,22-/m0/s1. The van der Waals surface area contributed by atoms with E-state index in [1.807, 2.05) is 19.1 Å². The highest BCUT2D eigenvalue weighted by Gasteiger charge is 2.41. The molecular weight excluding hydrogens is 396 g/mol. The molecule has 0 saturated heterocycles. The Hall–Kier alpha value is -2.99.